The molecule has 0 saturated carbocycles. The van der Waals surface area contributed by atoms with Crippen LogP contribution < -0.4 is 4.74 Å². The van der Waals surface area contributed by atoms with E-state index in [1.165, 1.54) is 0 Å². The van der Waals surface area contributed by atoms with Crippen LogP contribution >= 0.6 is 0 Å². The van der Waals surface area contributed by atoms with Crippen LogP contribution in [-0.2, 0) is 11.3 Å². The van der Waals surface area contributed by atoms with Gasteiger partial charge in [0.2, 0.25) is 0 Å². The Morgan fingerprint density at radius 3 is 2.32 bits per heavy atom. The molecule has 0 heterocycles. The van der Waals surface area contributed by atoms with Crippen molar-refractivity contribution in [2.24, 2.45) is 0 Å². The van der Waals surface area contributed by atoms with Gasteiger partial charge in [0.25, 0.3) is 5.91 Å². The minimum Gasteiger partial charge on any atom is -0.483 e. The molecule has 0 aliphatic carbocycles. The van der Waals surface area contributed by atoms with Crippen molar-refractivity contribution >= 4 is 5.91 Å². The Hall–Kier alpha value is -2.80. The third-order valence-electron chi connectivity index (χ3n) is 4.05. The second-order valence-electron chi connectivity index (χ2n) is 6.13. The van der Waals surface area contributed by atoms with Gasteiger partial charge in [0.1, 0.15) is 5.75 Å². The molecule has 0 atom stereocenters. The third-order valence-corrected chi connectivity index (χ3v) is 4.05. The molecule has 0 fully saturated rings. The summed E-state index contributed by atoms with van der Waals surface area (Å²) in [6.45, 7) is 7.23. The maximum Gasteiger partial charge on any atom is 0.260 e. The summed E-state index contributed by atoms with van der Waals surface area (Å²) < 4.78 is 5.80. The van der Waals surface area contributed by atoms with Crippen molar-refractivity contribution < 1.29 is 9.53 Å². The molecule has 0 N–H and O–H groups in total. The van der Waals surface area contributed by atoms with Crippen LogP contribution in [0, 0.1) is 25.2 Å². The van der Waals surface area contributed by atoms with Crippen LogP contribution in [0.15, 0.2) is 42.5 Å². The van der Waals surface area contributed by atoms with Gasteiger partial charge >= 0.3 is 0 Å². The second kappa shape index (κ2) is 8.89. The fourth-order valence-corrected chi connectivity index (χ4v) is 2.72. The molecule has 0 bridgehead atoms. The number of carbonyl (C=O) groups is 1. The van der Waals surface area contributed by atoms with Crippen LogP contribution in [-0.4, -0.2) is 24.0 Å². The number of nitriles is 1. The molecule has 0 spiro atoms. The van der Waals surface area contributed by atoms with E-state index in [1.807, 2.05) is 51.1 Å². The standard InChI is InChI=1S/C21H24N2O2/c1-4-12-23(14-19-10-8-18(13-22)9-11-19)20(24)15-25-21-16(2)6-5-7-17(21)3/h5-11H,4,12,14-15H2,1-3H3. The van der Waals surface area contributed by atoms with Gasteiger partial charge < -0.3 is 9.64 Å². The number of nitrogens with zero attached hydrogens (tertiary/aromatic N) is 2. The van der Waals surface area contributed by atoms with Crippen molar-refractivity contribution in [3.05, 3.63) is 64.7 Å². The molecule has 0 aromatic heterocycles. The largest absolute Gasteiger partial charge is 0.483 e. The Morgan fingerprint density at radius 2 is 1.76 bits per heavy atom. The maximum absolute atomic E-state index is 12.6. The number of hydrogen-bond acceptors (Lipinski definition) is 3. The van der Waals surface area contributed by atoms with E-state index in [1.54, 1.807) is 17.0 Å². The zero-order chi connectivity index (χ0) is 18.2. The zero-order valence-corrected chi connectivity index (χ0v) is 15.1. The Kier molecular flexibility index (Phi) is 6.59. The van der Waals surface area contributed by atoms with Gasteiger partial charge in [0, 0.05) is 13.1 Å². The molecule has 130 valence electrons. The summed E-state index contributed by atoms with van der Waals surface area (Å²) in [7, 11) is 0. The van der Waals surface area contributed by atoms with Gasteiger partial charge in [-0.15, -0.1) is 0 Å². The number of carbonyl (C=O) groups excluding carboxylic acids is 1. The van der Waals surface area contributed by atoms with E-state index in [9.17, 15) is 4.79 Å². The number of rotatable bonds is 7. The van der Waals surface area contributed by atoms with Gasteiger partial charge in [-0.05, 0) is 49.1 Å². The van der Waals surface area contributed by atoms with E-state index in [2.05, 4.69) is 6.07 Å². The summed E-state index contributed by atoms with van der Waals surface area (Å²) in [5.74, 6) is 0.750. The monoisotopic (exact) mass is 336 g/mol. The number of hydrogen-bond donors (Lipinski definition) is 0. The normalized spacial score (nSPS) is 10.2. The average Bonchev–Trinajstić information content (AvgIpc) is 2.61. The van der Waals surface area contributed by atoms with Gasteiger partial charge in [-0.25, -0.2) is 0 Å². The first-order chi connectivity index (χ1) is 12.0. The van der Waals surface area contributed by atoms with Crippen molar-refractivity contribution in [2.45, 2.75) is 33.7 Å². The summed E-state index contributed by atoms with van der Waals surface area (Å²) in [4.78, 5) is 14.4. The molecule has 0 radical (unpaired) electrons. The highest BCUT2D eigenvalue weighted by Gasteiger charge is 2.15. The Labute approximate surface area is 149 Å². The molecule has 0 unspecified atom stereocenters. The number of amides is 1. The first-order valence-corrected chi connectivity index (χ1v) is 8.51. The summed E-state index contributed by atoms with van der Waals surface area (Å²) >= 11 is 0. The second-order valence-corrected chi connectivity index (χ2v) is 6.13. The predicted octanol–water partition coefficient (Wildman–Crippen LogP) is 3.99. The summed E-state index contributed by atoms with van der Waals surface area (Å²) in [6.07, 6.45) is 0.880. The van der Waals surface area contributed by atoms with Gasteiger partial charge in [0.15, 0.2) is 6.61 Å². The molecular weight excluding hydrogens is 312 g/mol. The summed E-state index contributed by atoms with van der Waals surface area (Å²) in [5.41, 5.74) is 3.69. The minimum absolute atomic E-state index is 0.0297. The summed E-state index contributed by atoms with van der Waals surface area (Å²) in [5, 5.41) is 8.87. The van der Waals surface area contributed by atoms with Crippen LogP contribution in [0.2, 0.25) is 0 Å². The maximum atomic E-state index is 12.6. The number of ether oxygens (including phenoxy) is 1. The van der Waals surface area contributed by atoms with Crippen molar-refractivity contribution in [1.29, 1.82) is 5.26 Å². The lowest BCUT2D eigenvalue weighted by Gasteiger charge is -2.23. The SMILES string of the molecule is CCCN(Cc1ccc(C#N)cc1)C(=O)COc1c(C)cccc1C. The fourth-order valence-electron chi connectivity index (χ4n) is 2.72. The average molecular weight is 336 g/mol. The predicted molar refractivity (Wildman–Crippen MR) is 98.3 cm³/mol. The topological polar surface area (TPSA) is 53.3 Å². The highest BCUT2D eigenvalue weighted by molar-refractivity contribution is 5.77. The smallest absolute Gasteiger partial charge is 0.260 e. The van der Waals surface area contributed by atoms with Crippen LogP contribution in [0.4, 0.5) is 0 Å². The van der Waals surface area contributed by atoms with Crippen molar-refractivity contribution in [2.75, 3.05) is 13.2 Å². The molecular formula is C21H24N2O2. The number of aryl methyl sites for hydroxylation is 2. The number of benzene rings is 2. The fraction of sp³-hybridized carbons (Fsp3) is 0.333. The molecule has 2 rings (SSSR count). The van der Waals surface area contributed by atoms with Crippen LogP contribution in [0.3, 0.4) is 0 Å². The van der Waals surface area contributed by atoms with E-state index >= 15 is 0 Å². The lowest BCUT2D eigenvalue weighted by atomic mass is 10.1. The molecule has 0 aliphatic heterocycles. The molecule has 0 saturated heterocycles. The first kappa shape index (κ1) is 18.5. The van der Waals surface area contributed by atoms with E-state index in [-0.39, 0.29) is 12.5 Å². The van der Waals surface area contributed by atoms with Crippen molar-refractivity contribution in [3.8, 4) is 11.8 Å². The molecule has 2 aromatic rings. The van der Waals surface area contributed by atoms with E-state index in [0.717, 1.165) is 28.9 Å². The molecule has 4 heteroatoms. The highest BCUT2D eigenvalue weighted by Crippen LogP contribution is 2.22. The van der Waals surface area contributed by atoms with Gasteiger partial charge in [-0.3, -0.25) is 4.79 Å². The zero-order valence-electron chi connectivity index (χ0n) is 15.1. The molecule has 25 heavy (non-hydrogen) atoms. The molecule has 1 amide bonds. The van der Waals surface area contributed by atoms with Gasteiger partial charge in [0.05, 0.1) is 11.6 Å². The Morgan fingerprint density at radius 1 is 1.12 bits per heavy atom. The lowest BCUT2D eigenvalue weighted by Crippen LogP contribution is -2.35. The lowest BCUT2D eigenvalue weighted by molar-refractivity contribution is -0.134. The van der Waals surface area contributed by atoms with E-state index in [0.29, 0.717) is 18.7 Å². The third kappa shape index (κ3) is 5.09. The first-order valence-electron chi connectivity index (χ1n) is 8.51. The Balaban J connectivity index is 2.03. The highest BCUT2D eigenvalue weighted by atomic mass is 16.5. The molecule has 2 aromatic carbocycles. The van der Waals surface area contributed by atoms with Crippen molar-refractivity contribution in [1.82, 2.24) is 4.90 Å². The van der Waals surface area contributed by atoms with Gasteiger partial charge in [-0.2, -0.15) is 5.26 Å². The molecule has 4 nitrogen and oxygen atoms in total. The Bertz CT molecular complexity index is 740. The van der Waals surface area contributed by atoms with E-state index < -0.39 is 0 Å². The van der Waals surface area contributed by atoms with Gasteiger partial charge in [-0.1, -0.05) is 37.3 Å². The number of para-hydroxylation sites is 1. The van der Waals surface area contributed by atoms with Crippen LogP contribution in [0.25, 0.3) is 0 Å². The van der Waals surface area contributed by atoms with Crippen LogP contribution in [0.1, 0.15) is 35.6 Å². The summed E-state index contributed by atoms with van der Waals surface area (Å²) in [6, 6.07) is 15.4. The van der Waals surface area contributed by atoms with Crippen molar-refractivity contribution in [3.63, 3.8) is 0 Å². The van der Waals surface area contributed by atoms with Crippen LogP contribution in [0.5, 0.6) is 5.75 Å². The van der Waals surface area contributed by atoms with E-state index in [4.69, 9.17) is 10.00 Å². The molecule has 0 aliphatic rings. The quantitative estimate of drug-likeness (QED) is 0.768. The minimum atomic E-state index is -0.0335.